The minimum Gasteiger partial charge on any atom is -0.493 e. The average molecular weight is 394 g/mol. The first-order chi connectivity index (χ1) is 14.0. The first-order valence-electron chi connectivity index (χ1n) is 8.43. The summed E-state index contributed by atoms with van der Waals surface area (Å²) in [6.45, 7) is 0. The number of nitrogen functional groups attached to an aromatic ring is 1. The number of hydrogen-bond acceptors (Lipinski definition) is 6. The molecule has 0 radical (unpaired) electrons. The van der Waals surface area contributed by atoms with E-state index in [1.54, 1.807) is 12.1 Å². The first-order valence-corrected chi connectivity index (χ1v) is 8.43. The molecule has 3 rings (SSSR count). The summed E-state index contributed by atoms with van der Waals surface area (Å²) in [6, 6.07) is 12.1. The van der Waals surface area contributed by atoms with E-state index in [0.717, 1.165) is 6.21 Å². The Bertz CT molecular complexity index is 1090. The van der Waals surface area contributed by atoms with E-state index in [-0.39, 0.29) is 34.0 Å². The van der Waals surface area contributed by atoms with Gasteiger partial charge in [0.1, 0.15) is 16.9 Å². The van der Waals surface area contributed by atoms with Crippen molar-refractivity contribution in [2.45, 2.75) is 0 Å². The molecule has 0 aliphatic heterocycles. The number of aromatic nitrogens is 2. The van der Waals surface area contributed by atoms with Crippen molar-refractivity contribution in [3.8, 4) is 17.2 Å². The minimum absolute atomic E-state index is 0.0350. The molecular formula is C20H18N4O5. The number of aromatic carboxylic acids is 1. The maximum atomic E-state index is 12.5. The first kappa shape index (κ1) is 19.6. The predicted molar refractivity (Wildman–Crippen MR) is 106 cm³/mol. The normalized spacial score (nSPS) is 10.8. The van der Waals surface area contributed by atoms with Crippen molar-refractivity contribution in [3.63, 3.8) is 0 Å². The Morgan fingerprint density at radius 3 is 2.48 bits per heavy atom. The SMILES string of the molecule is COc1ccc(C=NC(=O)c2cnn(-c3ccccc3)c2N)c(C(=O)O)c1OC. The number of nitrogens with two attached hydrogens (primary N) is 1. The monoisotopic (exact) mass is 394 g/mol. The third-order valence-electron chi connectivity index (χ3n) is 4.15. The van der Waals surface area contributed by atoms with Gasteiger partial charge in [0.2, 0.25) is 0 Å². The molecule has 0 atom stereocenters. The molecule has 0 aliphatic rings. The summed E-state index contributed by atoms with van der Waals surface area (Å²) in [5, 5.41) is 13.7. The van der Waals surface area contributed by atoms with E-state index < -0.39 is 11.9 Å². The lowest BCUT2D eigenvalue weighted by atomic mass is 10.1. The summed E-state index contributed by atoms with van der Waals surface area (Å²) in [7, 11) is 2.73. The van der Waals surface area contributed by atoms with Crippen molar-refractivity contribution >= 4 is 23.9 Å². The van der Waals surface area contributed by atoms with Crippen LogP contribution in [0.25, 0.3) is 5.69 Å². The summed E-state index contributed by atoms with van der Waals surface area (Å²) in [5.74, 6) is -1.49. The summed E-state index contributed by atoms with van der Waals surface area (Å²) in [6.07, 6.45) is 2.46. The van der Waals surface area contributed by atoms with E-state index in [2.05, 4.69) is 10.1 Å². The van der Waals surface area contributed by atoms with Crippen LogP contribution in [0.3, 0.4) is 0 Å². The molecule has 3 N–H and O–H groups in total. The fraction of sp³-hybridized carbons (Fsp3) is 0.100. The van der Waals surface area contributed by atoms with E-state index in [4.69, 9.17) is 15.2 Å². The Hall–Kier alpha value is -4.14. The summed E-state index contributed by atoms with van der Waals surface area (Å²) in [5.41, 5.74) is 6.85. The molecule has 2 aromatic carbocycles. The number of carbonyl (C=O) groups excluding carboxylic acids is 1. The lowest BCUT2D eigenvalue weighted by Crippen LogP contribution is -2.08. The van der Waals surface area contributed by atoms with Gasteiger partial charge in [-0.25, -0.2) is 14.5 Å². The smallest absolute Gasteiger partial charge is 0.340 e. The largest absolute Gasteiger partial charge is 0.493 e. The Morgan fingerprint density at radius 2 is 1.86 bits per heavy atom. The molecular weight excluding hydrogens is 376 g/mol. The Balaban J connectivity index is 1.94. The summed E-state index contributed by atoms with van der Waals surface area (Å²) < 4.78 is 11.7. The van der Waals surface area contributed by atoms with Crippen LogP contribution in [-0.4, -0.2) is 47.2 Å². The third-order valence-corrected chi connectivity index (χ3v) is 4.15. The molecule has 29 heavy (non-hydrogen) atoms. The van der Waals surface area contributed by atoms with Gasteiger partial charge in [0.25, 0.3) is 5.91 Å². The molecule has 0 fully saturated rings. The number of rotatable bonds is 6. The Labute approximate surface area is 166 Å². The van der Waals surface area contributed by atoms with Crippen molar-refractivity contribution in [1.29, 1.82) is 0 Å². The Kier molecular flexibility index (Phi) is 5.59. The van der Waals surface area contributed by atoms with Crippen LogP contribution in [0.1, 0.15) is 26.3 Å². The van der Waals surface area contributed by atoms with Crippen LogP contribution in [0.5, 0.6) is 11.5 Å². The van der Waals surface area contributed by atoms with Crippen molar-refractivity contribution in [2.75, 3.05) is 20.0 Å². The number of benzene rings is 2. The molecule has 9 nitrogen and oxygen atoms in total. The number of hydrogen-bond donors (Lipinski definition) is 2. The van der Waals surface area contributed by atoms with Crippen LogP contribution in [0.2, 0.25) is 0 Å². The van der Waals surface area contributed by atoms with Gasteiger partial charge in [0, 0.05) is 11.8 Å². The zero-order chi connectivity index (χ0) is 21.0. The third kappa shape index (κ3) is 3.79. The lowest BCUT2D eigenvalue weighted by Gasteiger charge is -2.12. The van der Waals surface area contributed by atoms with E-state index in [1.165, 1.54) is 37.2 Å². The van der Waals surface area contributed by atoms with Gasteiger partial charge in [-0.15, -0.1) is 0 Å². The fourth-order valence-electron chi connectivity index (χ4n) is 2.77. The standard InChI is InChI=1S/C20H18N4O5/c1-28-15-9-8-12(16(20(26)27)17(15)29-2)10-22-19(25)14-11-23-24(18(14)21)13-6-4-3-5-7-13/h3-11H,21H2,1-2H3,(H,26,27). The molecule has 1 heterocycles. The zero-order valence-electron chi connectivity index (χ0n) is 15.7. The van der Waals surface area contributed by atoms with E-state index in [1.807, 2.05) is 18.2 Å². The number of carbonyl (C=O) groups is 2. The van der Waals surface area contributed by atoms with Gasteiger partial charge in [0.15, 0.2) is 11.5 Å². The van der Waals surface area contributed by atoms with Gasteiger partial charge >= 0.3 is 5.97 Å². The molecule has 0 aliphatic carbocycles. The van der Waals surface area contributed by atoms with Gasteiger partial charge in [-0.05, 0) is 24.3 Å². The number of carboxylic acids is 1. The summed E-state index contributed by atoms with van der Waals surface area (Å²) >= 11 is 0. The fourth-order valence-corrected chi connectivity index (χ4v) is 2.77. The van der Waals surface area contributed by atoms with Crippen LogP contribution in [-0.2, 0) is 0 Å². The molecule has 0 saturated carbocycles. The molecule has 0 spiro atoms. The molecule has 1 amide bonds. The maximum Gasteiger partial charge on any atom is 0.340 e. The molecule has 0 bridgehead atoms. The van der Waals surface area contributed by atoms with Crippen LogP contribution < -0.4 is 15.2 Å². The maximum absolute atomic E-state index is 12.5. The Morgan fingerprint density at radius 1 is 1.14 bits per heavy atom. The van der Waals surface area contributed by atoms with Crippen molar-refractivity contribution in [1.82, 2.24) is 9.78 Å². The van der Waals surface area contributed by atoms with Crippen LogP contribution >= 0.6 is 0 Å². The number of aliphatic imine (C=N–C) groups is 1. The second-order valence-electron chi connectivity index (χ2n) is 5.82. The number of para-hydroxylation sites is 1. The summed E-state index contributed by atoms with van der Waals surface area (Å²) in [4.78, 5) is 28.0. The van der Waals surface area contributed by atoms with Crippen LogP contribution in [0.4, 0.5) is 5.82 Å². The second-order valence-corrected chi connectivity index (χ2v) is 5.82. The molecule has 0 saturated heterocycles. The highest BCUT2D eigenvalue weighted by Crippen LogP contribution is 2.33. The number of carboxylic acid groups (broad SMARTS) is 1. The second kappa shape index (κ2) is 8.26. The van der Waals surface area contributed by atoms with Gasteiger partial charge < -0.3 is 20.3 Å². The van der Waals surface area contributed by atoms with Crippen molar-refractivity contribution in [3.05, 3.63) is 65.4 Å². The molecule has 148 valence electrons. The minimum atomic E-state index is -1.24. The number of amides is 1. The van der Waals surface area contributed by atoms with Gasteiger partial charge in [-0.1, -0.05) is 18.2 Å². The highest BCUT2D eigenvalue weighted by molar-refractivity contribution is 6.08. The number of ether oxygens (including phenoxy) is 2. The number of anilines is 1. The van der Waals surface area contributed by atoms with Crippen molar-refractivity contribution < 1.29 is 24.2 Å². The van der Waals surface area contributed by atoms with Gasteiger partial charge in [0.05, 0.1) is 26.1 Å². The molecule has 3 aromatic rings. The molecule has 0 unspecified atom stereocenters. The number of methoxy groups -OCH3 is 2. The highest BCUT2D eigenvalue weighted by Gasteiger charge is 2.21. The van der Waals surface area contributed by atoms with Gasteiger partial charge in [-0.3, -0.25) is 4.79 Å². The van der Waals surface area contributed by atoms with Crippen LogP contribution in [0, 0.1) is 0 Å². The molecule has 1 aromatic heterocycles. The predicted octanol–water partition coefficient (Wildman–Crippen LogP) is 2.43. The zero-order valence-corrected chi connectivity index (χ0v) is 15.7. The number of nitrogens with zero attached hydrogens (tertiary/aromatic N) is 3. The topological polar surface area (TPSA) is 129 Å². The van der Waals surface area contributed by atoms with E-state index in [9.17, 15) is 14.7 Å². The molecule has 9 heteroatoms. The van der Waals surface area contributed by atoms with E-state index >= 15 is 0 Å². The quantitative estimate of drug-likeness (QED) is 0.614. The lowest BCUT2D eigenvalue weighted by molar-refractivity contribution is 0.0692. The van der Waals surface area contributed by atoms with Crippen molar-refractivity contribution in [2.24, 2.45) is 4.99 Å². The highest BCUT2D eigenvalue weighted by atomic mass is 16.5. The van der Waals surface area contributed by atoms with E-state index in [0.29, 0.717) is 5.69 Å². The van der Waals surface area contributed by atoms with Gasteiger partial charge in [-0.2, -0.15) is 5.10 Å². The van der Waals surface area contributed by atoms with Crippen LogP contribution in [0.15, 0.2) is 53.7 Å². The average Bonchev–Trinajstić information content (AvgIpc) is 3.12.